The maximum atomic E-state index is 6.23. The van der Waals surface area contributed by atoms with Crippen molar-refractivity contribution in [2.75, 3.05) is 0 Å². The summed E-state index contributed by atoms with van der Waals surface area (Å²) in [4.78, 5) is 0. The van der Waals surface area contributed by atoms with Crippen LogP contribution < -0.4 is 5.73 Å². The minimum atomic E-state index is 0.227. The second-order valence-corrected chi connectivity index (χ2v) is 5.14. The van der Waals surface area contributed by atoms with Gasteiger partial charge in [0.25, 0.3) is 0 Å². The van der Waals surface area contributed by atoms with E-state index in [-0.39, 0.29) is 11.5 Å². The smallest absolute Gasteiger partial charge is 0.0131 e. The first-order chi connectivity index (χ1) is 6.95. The lowest BCUT2D eigenvalue weighted by atomic mass is 9.79. The van der Waals surface area contributed by atoms with Crippen LogP contribution in [-0.2, 0) is 6.42 Å². The summed E-state index contributed by atoms with van der Waals surface area (Å²) in [6.45, 7) is 8.80. The highest BCUT2D eigenvalue weighted by Gasteiger charge is 2.24. The summed E-state index contributed by atoms with van der Waals surface area (Å²) in [5, 5.41) is 0. The van der Waals surface area contributed by atoms with E-state index in [0.717, 1.165) is 12.8 Å². The van der Waals surface area contributed by atoms with Crippen LogP contribution >= 0.6 is 0 Å². The third kappa shape index (κ3) is 3.35. The summed E-state index contributed by atoms with van der Waals surface area (Å²) in [5.41, 5.74) is 9.11. The van der Waals surface area contributed by atoms with Crippen LogP contribution in [0.5, 0.6) is 0 Å². The van der Waals surface area contributed by atoms with Crippen LogP contribution in [0.2, 0.25) is 0 Å². The fraction of sp³-hybridized carbons (Fsp3) is 0.571. The Morgan fingerprint density at radius 2 is 1.73 bits per heavy atom. The minimum absolute atomic E-state index is 0.227. The van der Waals surface area contributed by atoms with Gasteiger partial charge in [-0.3, -0.25) is 0 Å². The maximum absolute atomic E-state index is 6.23. The number of benzene rings is 1. The van der Waals surface area contributed by atoms with Crippen LogP contribution in [0.4, 0.5) is 0 Å². The van der Waals surface area contributed by atoms with E-state index in [2.05, 4.69) is 52.0 Å². The van der Waals surface area contributed by atoms with Gasteiger partial charge in [0.2, 0.25) is 0 Å². The molecule has 0 aliphatic carbocycles. The first kappa shape index (κ1) is 12.3. The van der Waals surface area contributed by atoms with Gasteiger partial charge in [-0.05, 0) is 30.7 Å². The van der Waals surface area contributed by atoms with Crippen molar-refractivity contribution in [3.8, 4) is 0 Å². The van der Waals surface area contributed by atoms with Gasteiger partial charge in [0.1, 0.15) is 0 Å². The van der Waals surface area contributed by atoms with Crippen LogP contribution in [0.25, 0.3) is 0 Å². The minimum Gasteiger partial charge on any atom is -0.327 e. The third-order valence-electron chi connectivity index (χ3n) is 3.49. The van der Waals surface area contributed by atoms with Crippen molar-refractivity contribution >= 4 is 0 Å². The molecular formula is C14H23N. The molecule has 84 valence electrons. The monoisotopic (exact) mass is 205 g/mol. The van der Waals surface area contributed by atoms with E-state index in [1.165, 1.54) is 11.1 Å². The van der Waals surface area contributed by atoms with Crippen LogP contribution in [-0.4, -0.2) is 6.04 Å². The highest BCUT2D eigenvalue weighted by Crippen LogP contribution is 2.25. The van der Waals surface area contributed by atoms with Gasteiger partial charge in [-0.1, -0.05) is 50.6 Å². The Kier molecular flexibility index (Phi) is 3.92. The molecule has 0 radical (unpaired) electrons. The van der Waals surface area contributed by atoms with E-state index in [1.54, 1.807) is 0 Å². The zero-order chi connectivity index (χ0) is 11.5. The van der Waals surface area contributed by atoms with E-state index < -0.39 is 0 Å². The highest BCUT2D eigenvalue weighted by molar-refractivity contribution is 5.22. The second kappa shape index (κ2) is 4.80. The molecule has 15 heavy (non-hydrogen) atoms. The molecule has 1 heteroatoms. The molecule has 1 rings (SSSR count). The Balaban J connectivity index is 2.66. The molecule has 1 aromatic rings. The van der Waals surface area contributed by atoms with Crippen molar-refractivity contribution in [3.05, 3.63) is 35.4 Å². The SMILES string of the molecule is CCC(C)(C)C(N)Cc1ccc(C)cc1. The fourth-order valence-electron chi connectivity index (χ4n) is 1.52. The number of hydrogen-bond acceptors (Lipinski definition) is 1. The van der Waals surface area contributed by atoms with Gasteiger partial charge in [-0.25, -0.2) is 0 Å². The molecule has 0 aliphatic rings. The molecule has 0 amide bonds. The average Bonchev–Trinajstić information content (AvgIpc) is 2.21. The van der Waals surface area contributed by atoms with Crippen molar-refractivity contribution < 1.29 is 0 Å². The summed E-state index contributed by atoms with van der Waals surface area (Å²) in [6.07, 6.45) is 2.10. The van der Waals surface area contributed by atoms with Gasteiger partial charge in [-0.2, -0.15) is 0 Å². The van der Waals surface area contributed by atoms with Crippen molar-refractivity contribution in [3.63, 3.8) is 0 Å². The molecule has 0 fully saturated rings. The van der Waals surface area contributed by atoms with E-state index in [9.17, 15) is 0 Å². The number of aryl methyl sites for hydroxylation is 1. The summed E-state index contributed by atoms with van der Waals surface area (Å²) in [7, 11) is 0. The third-order valence-corrected chi connectivity index (χ3v) is 3.49. The summed E-state index contributed by atoms with van der Waals surface area (Å²) < 4.78 is 0. The molecular weight excluding hydrogens is 182 g/mol. The molecule has 0 aromatic heterocycles. The molecule has 0 saturated carbocycles. The topological polar surface area (TPSA) is 26.0 Å². The van der Waals surface area contributed by atoms with Gasteiger partial charge < -0.3 is 5.73 Å². The van der Waals surface area contributed by atoms with Gasteiger partial charge in [0.15, 0.2) is 0 Å². The van der Waals surface area contributed by atoms with Gasteiger partial charge >= 0.3 is 0 Å². The van der Waals surface area contributed by atoms with Crippen molar-refractivity contribution in [1.29, 1.82) is 0 Å². The lowest BCUT2D eigenvalue weighted by molar-refractivity contribution is 0.272. The summed E-state index contributed by atoms with van der Waals surface area (Å²) in [5.74, 6) is 0. The first-order valence-electron chi connectivity index (χ1n) is 5.77. The molecule has 0 spiro atoms. The lowest BCUT2D eigenvalue weighted by Gasteiger charge is -2.30. The molecule has 2 N–H and O–H groups in total. The van der Waals surface area contributed by atoms with Crippen LogP contribution in [0.3, 0.4) is 0 Å². The average molecular weight is 205 g/mol. The molecule has 0 aliphatic heterocycles. The molecule has 1 aromatic carbocycles. The number of hydrogen-bond donors (Lipinski definition) is 1. The quantitative estimate of drug-likeness (QED) is 0.802. The van der Waals surface area contributed by atoms with E-state index in [1.807, 2.05) is 0 Å². The van der Waals surface area contributed by atoms with Crippen molar-refractivity contribution in [2.45, 2.75) is 46.6 Å². The molecule has 1 unspecified atom stereocenters. The van der Waals surface area contributed by atoms with Gasteiger partial charge in [0.05, 0.1) is 0 Å². The van der Waals surface area contributed by atoms with Crippen LogP contribution in [0.15, 0.2) is 24.3 Å². The second-order valence-electron chi connectivity index (χ2n) is 5.14. The predicted octanol–water partition coefficient (Wildman–Crippen LogP) is 3.30. The summed E-state index contributed by atoms with van der Waals surface area (Å²) in [6, 6.07) is 8.91. The van der Waals surface area contributed by atoms with E-state index in [0.29, 0.717) is 0 Å². The molecule has 0 saturated heterocycles. The first-order valence-corrected chi connectivity index (χ1v) is 5.77. The van der Waals surface area contributed by atoms with Gasteiger partial charge in [-0.15, -0.1) is 0 Å². The zero-order valence-electron chi connectivity index (χ0n) is 10.4. The summed E-state index contributed by atoms with van der Waals surface area (Å²) >= 11 is 0. The zero-order valence-corrected chi connectivity index (χ0v) is 10.4. The van der Waals surface area contributed by atoms with E-state index in [4.69, 9.17) is 5.73 Å². The Morgan fingerprint density at radius 1 is 1.20 bits per heavy atom. The maximum Gasteiger partial charge on any atom is 0.0131 e. The predicted molar refractivity (Wildman–Crippen MR) is 66.9 cm³/mol. The Hall–Kier alpha value is -0.820. The van der Waals surface area contributed by atoms with Crippen LogP contribution in [0.1, 0.15) is 38.3 Å². The highest BCUT2D eigenvalue weighted by atomic mass is 14.7. The van der Waals surface area contributed by atoms with E-state index >= 15 is 0 Å². The molecule has 0 bridgehead atoms. The van der Waals surface area contributed by atoms with Crippen molar-refractivity contribution in [2.24, 2.45) is 11.1 Å². The normalized spacial score (nSPS) is 13.9. The number of rotatable bonds is 4. The molecule has 0 heterocycles. The Morgan fingerprint density at radius 3 is 2.20 bits per heavy atom. The fourth-order valence-corrected chi connectivity index (χ4v) is 1.52. The standard InChI is InChI=1S/C14H23N/c1-5-14(3,4)13(15)10-12-8-6-11(2)7-9-12/h6-9,13H,5,10,15H2,1-4H3. The van der Waals surface area contributed by atoms with Crippen molar-refractivity contribution in [1.82, 2.24) is 0 Å². The lowest BCUT2D eigenvalue weighted by Crippen LogP contribution is -2.38. The van der Waals surface area contributed by atoms with Crippen LogP contribution in [0, 0.1) is 12.3 Å². The number of nitrogens with two attached hydrogens (primary N) is 1. The Labute approximate surface area is 93.7 Å². The molecule has 1 atom stereocenters. The largest absolute Gasteiger partial charge is 0.327 e. The van der Waals surface area contributed by atoms with Gasteiger partial charge in [0, 0.05) is 6.04 Å². The molecule has 1 nitrogen and oxygen atoms in total. The Bertz CT molecular complexity index is 298.